The number of rotatable bonds is 10. The van der Waals surface area contributed by atoms with Gasteiger partial charge in [-0.3, -0.25) is 14.9 Å². The molecular formula is C21H22N4O5S. The summed E-state index contributed by atoms with van der Waals surface area (Å²) in [5.41, 5.74) is 2.26. The Labute approximate surface area is 183 Å². The normalized spacial score (nSPS) is 10.6. The van der Waals surface area contributed by atoms with E-state index in [4.69, 9.17) is 9.15 Å². The molecule has 0 fully saturated rings. The summed E-state index contributed by atoms with van der Waals surface area (Å²) < 4.78 is 10.7. The third-order valence-electron chi connectivity index (χ3n) is 4.50. The lowest BCUT2D eigenvalue weighted by Crippen LogP contribution is -2.15. The molecule has 31 heavy (non-hydrogen) atoms. The minimum atomic E-state index is -0.502. The number of nitro benzene ring substituents is 1. The fraction of sp³-hybridized carbons (Fsp3) is 0.286. The Kier molecular flexibility index (Phi) is 7.60. The van der Waals surface area contributed by atoms with Gasteiger partial charge in [-0.2, -0.15) is 0 Å². The summed E-state index contributed by atoms with van der Waals surface area (Å²) in [5.74, 6) is 1.08. The molecule has 2 aromatic carbocycles. The van der Waals surface area contributed by atoms with E-state index in [-0.39, 0.29) is 17.3 Å². The van der Waals surface area contributed by atoms with Gasteiger partial charge < -0.3 is 14.5 Å². The zero-order valence-electron chi connectivity index (χ0n) is 17.2. The fourth-order valence-corrected chi connectivity index (χ4v) is 3.39. The summed E-state index contributed by atoms with van der Waals surface area (Å²) in [4.78, 5) is 22.6. The number of nitrogens with zero attached hydrogens (tertiary/aromatic N) is 3. The maximum Gasteiger partial charge on any atom is 0.277 e. The van der Waals surface area contributed by atoms with Crippen LogP contribution in [0.1, 0.15) is 23.4 Å². The molecule has 10 heteroatoms. The molecule has 1 amide bonds. The van der Waals surface area contributed by atoms with Crippen LogP contribution in [0.15, 0.2) is 52.1 Å². The van der Waals surface area contributed by atoms with Crippen molar-refractivity contribution in [2.45, 2.75) is 31.4 Å². The van der Waals surface area contributed by atoms with Crippen LogP contribution in [0.5, 0.6) is 5.75 Å². The average molecular weight is 442 g/mol. The lowest BCUT2D eigenvalue weighted by atomic mass is 10.1. The molecule has 1 N–H and O–H groups in total. The topological polar surface area (TPSA) is 120 Å². The Bertz CT molecular complexity index is 1050. The van der Waals surface area contributed by atoms with E-state index in [1.165, 1.54) is 17.7 Å². The lowest BCUT2D eigenvalue weighted by Gasteiger charge is -2.07. The van der Waals surface area contributed by atoms with E-state index in [0.29, 0.717) is 23.2 Å². The number of nitrogens with one attached hydrogen (secondary N) is 1. The number of carbonyl (C=O) groups excluding carboxylic acids is 1. The summed E-state index contributed by atoms with van der Waals surface area (Å²) in [7, 11) is 1.64. The van der Waals surface area contributed by atoms with Crippen LogP contribution in [-0.4, -0.2) is 33.9 Å². The second-order valence-electron chi connectivity index (χ2n) is 6.76. The van der Waals surface area contributed by atoms with Gasteiger partial charge in [-0.05, 0) is 43.0 Å². The number of nitro groups is 1. The van der Waals surface area contributed by atoms with E-state index in [0.717, 1.165) is 35.9 Å². The molecule has 0 saturated carbocycles. The van der Waals surface area contributed by atoms with Gasteiger partial charge in [0, 0.05) is 18.6 Å². The third-order valence-corrected chi connectivity index (χ3v) is 5.31. The zero-order valence-corrected chi connectivity index (χ0v) is 18.0. The second-order valence-corrected chi connectivity index (χ2v) is 7.68. The number of amides is 1. The molecule has 3 rings (SSSR count). The highest BCUT2D eigenvalue weighted by Gasteiger charge is 2.13. The van der Waals surface area contributed by atoms with Gasteiger partial charge in [0.25, 0.3) is 10.9 Å². The molecule has 0 aliphatic carbocycles. The average Bonchev–Trinajstić information content (AvgIpc) is 3.22. The van der Waals surface area contributed by atoms with Gasteiger partial charge in [0.15, 0.2) is 0 Å². The van der Waals surface area contributed by atoms with Crippen LogP contribution in [0.2, 0.25) is 0 Å². The second kappa shape index (κ2) is 10.6. The van der Waals surface area contributed by atoms with Crippen LogP contribution in [0.4, 0.5) is 11.4 Å². The van der Waals surface area contributed by atoms with E-state index in [2.05, 4.69) is 15.5 Å². The molecule has 3 aromatic rings. The smallest absolute Gasteiger partial charge is 0.277 e. The highest BCUT2D eigenvalue weighted by atomic mass is 32.2. The van der Waals surface area contributed by atoms with Gasteiger partial charge >= 0.3 is 0 Å². The Hall–Kier alpha value is -3.40. The number of benzene rings is 2. The van der Waals surface area contributed by atoms with Crippen molar-refractivity contribution >= 4 is 29.0 Å². The van der Waals surface area contributed by atoms with Crippen LogP contribution in [0, 0.1) is 17.0 Å². The van der Waals surface area contributed by atoms with E-state index >= 15 is 0 Å². The number of carbonyl (C=O) groups is 1. The molecule has 9 nitrogen and oxygen atoms in total. The highest BCUT2D eigenvalue weighted by Crippen LogP contribution is 2.23. The number of hydrogen-bond acceptors (Lipinski definition) is 8. The Morgan fingerprint density at radius 3 is 2.68 bits per heavy atom. The van der Waals surface area contributed by atoms with Crippen LogP contribution in [0.3, 0.4) is 0 Å². The first-order chi connectivity index (χ1) is 14.9. The maximum absolute atomic E-state index is 12.2. The first-order valence-electron chi connectivity index (χ1n) is 9.57. The third kappa shape index (κ3) is 6.54. The van der Waals surface area contributed by atoms with Gasteiger partial charge in [0.05, 0.1) is 23.5 Å². The monoisotopic (exact) mass is 442 g/mol. The molecule has 0 bridgehead atoms. The predicted molar refractivity (Wildman–Crippen MR) is 117 cm³/mol. The Balaban J connectivity index is 1.44. The summed E-state index contributed by atoms with van der Waals surface area (Å²) in [6.07, 6.45) is 2.36. The van der Waals surface area contributed by atoms with Gasteiger partial charge in [-0.1, -0.05) is 30.0 Å². The Morgan fingerprint density at radius 1 is 1.19 bits per heavy atom. The van der Waals surface area contributed by atoms with E-state index < -0.39 is 4.92 Å². The molecule has 1 heterocycles. The Morgan fingerprint density at radius 2 is 1.97 bits per heavy atom. The van der Waals surface area contributed by atoms with Crippen molar-refractivity contribution in [2.75, 3.05) is 18.2 Å². The van der Waals surface area contributed by atoms with Gasteiger partial charge in [-0.15, -0.1) is 10.2 Å². The number of aryl methyl sites for hydroxylation is 3. The summed E-state index contributed by atoms with van der Waals surface area (Å²) in [6, 6.07) is 12.2. The standard InChI is InChI=1S/C21H22N4O5S/c1-14-6-9-16(25(27)28)12-18(14)22-19(26)13-31-21-24-23-20(30-21)5-3-4-15-7-10-17(29-2)11-8-15/h6-12H,3-5,13H2,1-2H3,(H,22,26). The van der Waals surface area contributed by atoms with E-state index in [9.17, 15) is 14.9 Å². The van der Waals surface area contributed by atoms with Crippen molar-refractivity contribution in [2.24, 2.45) is 0 Å². The summed E-state index contributed by atoms with van der Waals surface area (Å²) >= 11 is 1.12. The minimum absolute atomic E-state index is 0.0512. The molecule has 0 spiro atoms. The molecule has 1 aromatic heterocycles. The van der Waals surface area contributed by atoms with Gasteiger partial charge in [-0.25, -0.2) is 0 Å². The zero-order chi connectivity index (χ0) is 22.2. The van der Waals surface area contributed by atoms with Gasteiger partial charge in [0.2, 0.25) is 11.8 Å². The largest absolute Gasteiger partial charge is 0.497 e. The van der Waals surface area contributed by atoms with Crippen molar-refractivity contribution in [1.82, 2.24) is 10.2 Å². The van der Waals surface area contributed by atoms with Crippen LogP contribution in [0.25, 0.3) is 0 Å². The number of hydrogen-bond donors (Lipinski definition) is 1. The number of aromatic nitrogens is 2. The van der Waals surface area contributed by atoms with Crippen LogP contribution < -0.4 is 10.1 Å². The maximum atomic E-state index is 12.2. The molecule has 0 aliphatic rings. The molecule has 0 radical (unpaired) electrons. The number of anilines is 1. The van der Waals surface area contributed by atoms with Crippen LogP contribution in [-0.2, 0) is 17.6 Å². The number of ether oxygens (including phenoxy) is 1. The lowest BCUT2D eigenvalue weighted by molar-refractivity contribution is -0.384. The molecule has 162 valence electrons. The molecule has 0 aliphatic heterocycles. The summed E-state index contributed by atoms with van der Waals surface area (Å²) in [6.45, 7) is 1.77. The number of non-ortho nitro benzene ring substituents is 1. The van der Waals surface area contributed by atoms with Crippen molar-refractivity contribution in [1.29, 1.82) is 0 Å². The molecule has 0 unspecified atom stereocenters. The first-order valence-corrected chi connectivity index (χ1v) is 10.6. The fourth-order valence-electron chi connectivity index (χ4n) is 2.81. The van der Waals surface area contributed by atoms with E-state index in [1.807, 2.05) is 24.3 Å². The predicted octanol–water partition coefficient (Wildman–Crippen LogP) is 4.20. The van der Waals surface area contributed by atoms with Crippen molar-refractivity contribution in [3.8, 4) is 5.75 Å². The van der Waals surface area contributed by atoms with E-state index in [1.54, 1.807) is 20.1 Å². The minimum Gasteiger partial charge on any atom is -0.497 e. The highest BCUT2D eigenvalue weighted by molar-refractivity contribution is 7.99. The first kappa shape index (κ1) is 22.3. The van der Waals surface area contributed by atoms with Crippen molar-refractivity contribution < 1.29 is 18.9 Å². The van der Waals surface area contributed by atoms with Crippen LogP contribution >= 0.6 is 11.8 Å². The van der Waals surface area contributed by atoms with Crippen molar-refractivity contribution in [3.63, 3.8) is 0 Å². The molecular weight excluding hydrogens is 420 g/mol. The quantitative estimate of drug-likeness (QED) is 0.282. The van der Waals surface area contributed by atoms with Crippen molar-refractivity contribution in [3.05, 3.63) is 69.6 Å². The number of thioether (sulfide) groups is 1. The molecule has 0 saturated heterocycles. The molecule has 0 atom stereocenters. The number of methoxy groups -OCH3 is 1. The van der Waals surface area contributed by atoms with Gasteiger partial charge in [0.1, 0.15) is 5.75 Å². The SMILES string of the molecule is COc1ccc(CCCc2nnc(SCC(=O)Nc3cc([N+](=O)[O-])ccc3C)o2)cc1. The summed E-state index contributed by atoms with van der Waals surface area (Å²) in [5, 5.41) is 21.9.